The molecule has 3 heterocycles. The summed E-state index contributed by atoms with van der Waals surface area (Å²) in [4.78, 5) is 29.6. The van der Waals surface area contributed by atoms with Crippen molar-refractivity contribution in [3.63, 3.8) is 0 Å². The minimum Gasteiger partial charge on any atom is -0.327 e. The Morgan fingerprint density at radius 3 is 2.61 bits per heavy atom. The summed E-state index contributed by atoms with van der Waals surface area (Å²) in [5.41, 5.74) is 3.33. The molecule has 28 heavy (non-hydrogen) atoms. The Kier molecular flexibility index (Phi) is 4.46. The lowest BCUT2D eigenvalue weighted by Gasteiger charge is -2.31. The molecule has 0 unspecified atom stereocenters. The van der Waals surface area contributed by atoms with E-state index >= 15 is 0 Å². The number of nitrogens with zero attached hydrogens (tertiary/aromatic N) is 4. The SMILES string of the molecule is O=C(c1ccc2nccnc2c1)N1CC[NH+](Cc2nc3ccccc3s2)CC1. The van der Waals surface area contributed by atoms with Gasteiger partial charge in [0.2, 0.25) is 0 Å². The largest absolute Gasteiger partial charge is 0.327 e. The Labute approximate surface area is 166 Å². The molecule has 7 heteroatoms. The van der Waals surface area contributed by atoms with Crippen LogP contribution < -0.4 is 4.90 Å². The minimum absolute atomic E-state index is 0.0755. The highest BCUT2D eigenvalue weighted by Gasteiger charge is 2.25. The van der Waals surface area contributed by atoms with Gasteiger partial charge in [-0.2, -0.15) is 0 Å². The summed E-state index contributed by atoms with van der Waals surface area (Å²) in [7, 11) is 0. The molecule has 1 N–H and O–H groups in total. The molecule has 1 fully saturated rings. The molecule has 6 nitrogen and oxygen atoms in total. The van der Waals surface area contributed by atoms with E-state index < -0.39 is 0 Å². The minimum atomic E-state index is 0.0755. The van der Waals surface area contributed by atoms with Crippen LogP contribution in [0.25, 0.3) is 21.3 Å². The lowest BCUT2D eigenvalue weighted by atomic mass is 10.1. The van der Waals surface area contributed by atoms with Crippen molar-refractivity contribution in [1.82, 2.24) is 19.9 Å². The number of para-hydroxylation sites is 1. The fourth-order valence-corrected chi connectivity index (χ4v) is 4.73. The van der Waals surface area contributed by atoms with E-state index in [1.54, 1.807) is 23.7 Å². The third-order valence-electron chi connectivity index (χ3n) is 5.21. The lowest BCUT2D eigenvalue weighted by molar-refractivity contribution is -0.917. The van der Waals surface area contributed by atoms with Crippen LogP contribution in [0.3, 0.4) is 0 Å². The van der Waals surface area contributed by atoms with Crippen molar-refractivity contribution >= 4 is 38.5 Å². The third kappa shape index (κ3) is 3.34. The number of hydrogen-bond donors (Lipinski definition) is 1. The first-order chi connectivity index (χ1) is 13.8. The number of thiazole rings is 1. The Morgan fingerprint density at radius 2 is 1.79 bits per heavy atom. The summed E-state index contributed by atoms with van der Waals surface area (Å²) in [6.45, 7) is 4.33. The number of quaternary nitrogens is 1. The zero-order valence-corrected chi connectivity index (χ0v) is 16.2. The van der Waals surface area contributed by atoms with E-state index in [4.69, 9.17) is 4.98 Å². The van der Waals surface area contributed by atoms with Crippen LogP contribution >= 0.6 is 11.3 Å². The quantitative estimate of drug-likeness (QED) is 0.579. The van der Waals surface area contributed by atoms with Crippen LogP contribution in [0.1, 0.15) is 15.4 Å². The highest BCUT2D eigenvalue weighted by molar-refractivity contribution is 7.18. The van der Waals surface area contributed by atoms with Crippen LogP contribution in [0.5, 0.6) is 0 Å². The summed E-state index contributed by atoms with van der Waals surface area (Å²) >= 11 is 1.77. The molecule has 1 saturated heterocycles. The summed E-state index contributed by atoms with van der Waals surface area (Å²) in [5, 5.41) is 1.17. The van der Waals surface area contributed by atoms with Gasteiger partial charge in [0, 0.05) is 18.0 Å². The Morgan fingerprint density at radius 1 is 1.00 bits per heavy atom. The van der Waals surface area contributed by atoms with Crippen molar-refractivity contribution in [3.8, 4) is 0 Å². The van der Waals surface area contributed by atoms with E-state index in [9.17, 15) is 4.79 Å². The van der Waals surface area contributed by atoms with Crippen molar-refractivity contribution in [2.75, 3.05) is 26.2 Å². The normalized spacial score (nSPS) is 15.4. The molecule has 1 aliphatic heterocycles. The van der Waals surface area contributed by atoms with Crippen LogP contribution in [0, 0.1) is 0 Å². The van der Waals surface area contributed by atoms with E-state index in [-0.39, 0.29) is 5.91 Å². The van der Waals surface area contributed by atoms with Crippen molar-refractivity contribution in [2.24, 2.45) is 0 Å². The number of rotatable bonds is 3. The monoisotopic (exact) mass is 390 g/mol. The first kappa shape index (κ1) is 17.2. The molecule has 0 radical (unpaired) electrons. The topological polar surface area (TPSA) is 63.4 Å². The molecule has 2 aromatic heterocycles. The van der Waals surface area contributed by atoms with Gasteiger partial charge in [-0.3, -0.25) is 14.8 Å². The molecule has 1 amide bonds. The van der Waals surface area contributed by atoms with E-state index in [1.165, 1.54) is 14.6 Å². The molecule has 5 rings (SSSR count). The van der Waals surface area contributed by atoms with E-state index in [1.807, 2.05) is 29.2 Å². The number of piperazine rings is 1. The molecular weight excluding hydrogens is 370 g/mol. The molecule has 0 aliphatic carbocycles. The number of benzene rings is 2. The average Bonchev–Trinajstić information content (AvgIpc) is 3.16. The molecule has 0 saturated carbocycles. The van der Waals surface area contributed by atoms with Gasteiger partial charge in [-0.25, -0.2) is 4.98 Å². The second-order valence-corrected chi connectivity index (χ2v) is 8.17. The molecular formula is C21H20N5OS+. The number of hydrogen-bond acceptors (Lipinski definition) is 5. The maximum absolute atomic E-state index is 12.9. The van der Waals surface area contributed by atoms with Gasteiger partial charge in [-0.15, -0.1) is 11.3 Å². The van der Waals surface area contributed by atoms with Gasteiger partial charge in [0.15, 0.2) is 0 Å². The fraction of sp³-hybridized carbons (Fsp3) is 0.238. The molecule has 140 valence electrons. The third-order valence-corrected chi connectivity index (χ3v) is 6.25. The number of amides is 1. The second kappa shape index (κ2) is 7.26. The average molecular weight is 390 g/mol. The van der Waals surface area contributed by atoms with Crippen molar-refractivity contribution in [2.45, 2.75) is 6.54 Å². The zero-order valence-electron chi connectivity index (χ0n) is 15.3. The molecule has 0 atom stereocenters. The maximum Gasteiger partial charge on any atom is 0.254 e. The van der Waals surface area contributed by atoms with Crippen molar-refractivity contribution in [1.29, 1.82) is 0 Å². The van der Waals surface area contributed by atoms with Crippen molar-refractivity contribution < 1.29 is 9.69 Å². The van der Waals surface area contributed by atoms with E-state index in [0.29, 0.717) is 5.56 Å². The predicted octanol–water partition coefficient (Wildman–Crippen LogP) is 1.78. The first-order valence-corrected chi connectivity index (χ1v) is 10.3. The molecule has 2 aromatic carbocycles. The number of fused-ring (bicyclic) bond motifs is 2. The number of aromatic nitrogens is 3. The lowest BCUT2D eigenvalue weighted by Crippen LogP contribution is -3.13. The van der Waals surface area contributed by atoms with Crippen LogP contribution in [-0.2, 0) is 6.54 Å². The Bertz CT molecular complexity index is 1120. The summed E-state index contributed by atoms with van der Waals surface area (Å²) in [5.74, 6) is 0.0755. The summed E-state index contributed by atoms with van der Waals surface area (Å²) in [6, 6.07) is 13.8. The Balaban J connectivity index is 1.24. The van der Waals surface area contributed by atoms with Crippen LogP contribution in [0.15, 0.2) is 54.9 Å². The molecule has 0 spiro atoms. The maximum atomic E-state index is 12.9. The summed E-state index contributed by atoms with van der Waals surface area (Å²) in [6.07, 6.45) is 3.32. The molecule has 1 aliphatic rings. The van der Waals surface area contributed by atoms with Gasteiger partial charge in [0.1, 0.15) is 11.6 Å². The van der Waals surface area contributed by atoms with Gasteiger partial charge < -0.3 is 9.80 Å². The van der Waals surface area contributed by atoms with E-state index in [2.05, 4.69) is 28.2 Å². The highest BCUT2D eigenvalue weighted by atomic mass is 32.1. The van der Waals surface area contributed by atoms with Gasteiger partial charge in [-0.1, -0.05) is 12.1 Å². The van der Waals surface area contributed by atoms with Gasteiger partial charge in [-0.05, 0) is 30.3 Å². The number of carbonyl (C=O) groups is 1. The predicted molar refractivity (Wildman–Crippen MR) is 109 cm³/mol. The number of carbonyl (C=O) groups excluding carboxylic acids is 1. The van der Waals surface area contributed by atoms with Gasteiger partial charge >= 0.3 is 0 Å². The molecule has 0 bridgehead atoms. The first-order valence-electron chi connectivity index (χ1n) is 9.44. The van der Waals surface area contributed by atoms with Gasteiger partial charge in [0.25, 0.3) is 5.91 Å². The molecule has 4 aromatic rings. The fourth-order valence-electron chi connectivity index (χ4n) is 3.69. The van der Waals surface area contributed by atoms with Crippen LogP contribution in [-0.4, -0.2) is 51.9 Å². The second-order valence-electron chi connectivity index (χ2n) is 7.05. The van der Waals surface area contributed by atoms with Gasteiger partial charge in [0.05, 0.1) is 47.4 Å². The number of nitrogens with one attached hydrogen (secondary N) is 1. The zero-order chi connectivity index (χ0) is 18.9. The van der Waals surface area contributed by atoms with Crippen LogP contribution in [0.2, 0.25) is 0 Å². The van der Waals surface area contributed by atoms with E-state index in [0.717, 1.165) is 49.3 Å². The van der Waals surface area contributed by atoms with Crippen molar-refractivity contribution in [3.05, 3.63) is 65.4 Å². The summed E-state index contributed by atoms with van der Waals surface area (Å²) < 4.78 is 1.24. The van der Waals surface area contributed by atoms with Crippen LogP contribution in [0.4, 0.5) is 0 Å². The standard InChI is InChI=1S/C21H19N5OS/c27-21(15-5-6-16-18(13-15)23-8-7-22-16)26-11-9-25(10-12-26)14-20-24-17-3-1-2-4-19(17)28-20/h1-8,13H,9-12,14H2/p+1. The Hall–Kier alpha value is -2.90. The highest BCUT2D eigenvalue weighted by Crippen LogP contribution is 2.20. The smallest absolute Gasteiger partial charge is 0.254 e.